The van der Waals surface area contributed by atoms with Crippen molar-refractivity contribution in [2.75, 3.05) is 6.61 Å². The second-order valence-corrected chi connectivity index (χ2v) is 4.47. The van der Waals surface area contributed by atoms with E-state index in [1.165, 1.54) is 0 Å². The van der Waals surface area contributed by atoms with Crippen LogP contribution < -0.4 is 11.2 Å². The van der Waals surface area contributed by atoms with Crippen molar-refractivity contribution in [2.45, 2.75) is 6.42 Å². The number of amides is 2. The van der Waals surface area contributed by atoms with Gasteiger partial charge in [-0.1, -0.05) is 17.7 Å². The maximum Gasteiger partial charge on any atom is 0.247 e. The summed E-state index contributed by atoms with van der Waals surface area (Å²) in [5.74, 6) is -1.04. The van der Waals surface area contributed by atoms with Gasteiger partial charge < -0.3 is 5.73 Å². The second-order valence-electron chi connectivity index (χ2n) is 3.21. The summed E-state index contributed by atoms with van der Waals surface area (Å²) in [4.78, 5) is 26.3. The molecule has 1 rings (SSSR count). The Morgan fingerprint density at radius 2 is 2.18 bits per heavy atom. The molecule has 0 atom stereocenters. The minimum atomic E-state index is -0.656. The molecule has 0 aromatic heterocycles. The van der Waals surface area contributed by atoms with Gasteiger partial charge in [0.2, 0.25) is 11.8 Å². The number of hydrogen-bond acceptors (Lipinski definition) is 3. The number of nitrogens with two attached hydrogens (primary N) is 1. The maximum atomic E-state index is 11.3. The molecule has 0 saturated heterocycles. The molecule has 0 aliphatic heterocycles. The fraction of sp³-hybridized carbons (Fsp3) is 0.200. The molecular formula is C10H10BrClN2O3. The molecule has 2 amide bonds. The van der Waals surface area contributed by atoms with E-state index in [4.69, 9.17) is 17.3 Å². The summed E-state index contributed by atoms with van der Waals surface area (Å²) in [6, 6.07) is 5.16. The SMILES string of the molecule is NC(=O)CONC(=O)Cc1ccc(Br)c(Cl)c1. The van der Waals surface area contributed by atoms with Gasteiger partial charge in [0.25, 0.3) is 0 Å². The first-order valence-electron chi connectivity index (χ1n) is 4.62. The van der Waals surface area contributed by atoms with Crippen molar-refractivity contribution < 1.29 is 14.4 Å². The van der Waals surface area contributed by atoms with Gasteiger partial charge in [0.1, 0.15) is 0 Å². The van der Waals surface area contributed by atoms with E-state index >= 15 is 0 Å². The van der Waals surface area contributed by atoms with Gasteiger partial charge in [0.15, 0.2) is 6.61 Å². The highest BCUT2D eigenvalue weighted by Gasteiger charge is 2.06. The smallest absolute Gasteiger partial charge is 0.247 e. The van der Waals surface area contributed by atoms with Crippen LogP contribution in [0, 0.1) is 0 Å². The van der Waals surface area contributed by atoms with Crippen molar-refractivity contribution in [3.8, 4) is 0 Å². The van der Waals surface area contributed by atoms with Crippen LogP contribution in [-0.2, 0) is 20.8 Å². The third-order valence-corrected chi connectivity index (χ3v) is 2.98. The van der Waals surface area contributed by atoms with Crippen LogP contribution in [0.2, 0.25) is 5.02 Å². The fourth-order valence-corrected chi connectivity index (χ4v) is 1.51. The van der Waals surface area contributed by atoms with Crippen molar-refractivity contribution in [3.63, 3.8) is 0 Å². The molecule has 5 nitrogen and oxygen atoms in total. The van der Waals surface area contributed by atoms with Gasteiger partial charge >= 0.3 is 0 Å². The number of hydroxylamine groups is 1. The molecule has 1 aromatic rings. The van der Waals surface area contributed by atoms with E-state index in [-0.39, 0.29) is 18.9 Å². The lowest BCUT2D eigenvalue weighted by atomic mass is 10.1. The first-order chi connectivity index (χ1) is 7.99. The van der Waals surface area contributed by atoms with Crippen LogP contribution in [0.3, 0.4) is 0 Å². The Labute approximate surface area is 111 Å². The maximum absolute atomic E-state index is 11.3. The number of carbonyl (C=O) groups excluding carboxylic acids is 2. The van der Waals surface area contributed by atoms with Crippen LogP contribution in [0.5, 0.6) is 0 Å². The average Bonchev–Trinajstić information content (AvgIpc) is 2.23. The number of nitrogens with one attached hydrogen (secondary N) is 1. The minimum absolute atomic E-state index is 0.103. The van der Waals surface area contributed by atoms with Crippen LogP contribution in [0.25, 0.3) is 0 Å². The lowest BCUT2D eigenvalue weighted by Crippen LogP contribution is -2.30. The van der Waals surface area contributed by atoms with Gasteiger partial charge in [-0.3, -0.25) is 14.4 Å². The fourth-order valence-electron chi connectivity index (χ4n) is 1.06. The van der Waals surface area contributed by atoms with Gasteiger partial charge in [-0.15, -0.1) is 0 Å². The van der Waals surface area contributed by atoms with Gasteiger partial charge in [0.05, 0.1) is 11.4 Å². The topological polar surface area (TPSA) is 81.4 Å². The monoisotopic (exact) mass is 320 g/mol. The zero-order valence-electron chi connectivity index (χ0n) is 8.70. The van der Waals surface area contributed by atoms with Crippen LogP contribution in [0.1, 0.15) is 5.56 Å². The molecule has 0 radical (unpaired) electrons. The van der Waals surface area contributed by atoms with E-state index in [0.29, 0.717) is 5.02 Å². The summed E-state index contributed by atoms with van der Waals surface area (Å²) in [5.41, 5.74) is 7.67. The van der Waals surface area contributed by atoms with Gasteiger partial charge in [0, 0.05) is 4.47 Å². The van der Waals surface area contributed by atoms with E-state index in [0.717, 1.165) is 10.0 Å². The number of hydrogen-bond donors (Lipinski definition) is 2. The Hall–Kier alpha value is -1.11. The van der Waals surface area contributed by atoms with Crippen molar-refractivity contribution in [2.24, 2.45) is 5.73 Å². The molecular weight excluding hydrogens is 311 g/mol. The zero-order valence-corrected chi connectivity index (χ0v) is 11.0. The normalized spacial score (nSPS) is 10.0. The molecule has 3 N–H and O–H groups in total. The number of rotatable bonds is 5. The summed E-state index contributed by atoms with van der Waals surface area (Å²) in [5, 5.41) is 0.522. The van der Waals surface area contributed by atoms with Crippen LogP contribution in [-0.4, -0.2) is 18.4 Å². The minimum Gasteiger partial charge on any atom is -0.368 e. The molecule has 0 aliphatic rings. The average molecular weight is 322 g/mol. The van der Waals surface area contributed by atoms with Gasteiger partial charge in [-0.05, 0) is 33.6 Å². The first-order valence-corrected chi connectivity index (χ1v) is 5.79. The molecule has 0 unspecified atom stereocenters. The molecule has 0 spiro atoms. The Morgan fingerprint density at radius 1 is 1.47 bits per heavy atom. The van der Waals surface area contributed by atoms with Crippen LogP contribution in [0.15, 0.2) is 22.7 Å². The molecule has 0 aliphatic carbocycles. The van der Waals surface area contributed by atoms with Crippen molar-refractivity contribution >= 4 is 39.3 Å². The summed E-state index contributed by atoms with van der Waals surface area (Å²) in [6.45, 7) is -0.354. The summed E-state index contributed by atoms with van der Waals surface area (Å²) < 4.78 is 0.758. The Morgan fingerprint density at radius 3 is 2.76 bits per heavy atom. The summed E-state index contributed by atoms with van der Waals surface area (Å²) >= 11 is 9.12. The molecule has 0 bridgehead atoms. The number of primary amides is 1. The highest BCUT2D eigenvalue weighted by atomic mass is 79.9. The lowest BCUT2D eigenvalue weighted by molar-refractivity contribution is -0.137. The lowest BCUT2D eigenvalue weighted by Gasteiger charge is -2.05. The van der Waals surface area contributed by atoms with Crippen molar-refractivity contribution in [3.05, 3.63) is 33.3 Å². The van der Waals surface area contributed by atoms with E-state index in [9.17, 15) is 9.59 Å². The molecule has 0 fully saturated rings. The second kappa shape index (κ2) is 6.58. The predicted octanol–water partition coefficient (Wildman–Crippen LogP) is 1.18. The molecule has 92 valence electrons. The third-order valence-electron chi connectivity index (χ3n) is 1.75. The molecule has 17 heavy (non-hydrogen) atoms. The van der Waals surface area contributed by atoms with Crippen molar-refractivity contribution in [1.29, 1.82) is 0 Å². The van der Waals surface area contributed by atoms with E-state index in [1.807, 2.05) is 0 Å². The molecule has 0 saturated carbocycles. The summed E-state index contributed by atoms with van der Waals surface area (Å²) in [6.07, 6.45) is 0.103. The summed E-state index contributed by atoms with van der Waals surface area (Å²) in [7, 11) is 0. The number of benzene rings is 1. The van der Waals surface area contributed by atoms with E-state index in [1.54, 1.807) is 18.2 Å². The Balaban J connectivity index is 2.45. The standard InChI is InChI=1S/C10H10BrClN2O3/c11-7-2-1-6(3-8(7)12)4-10(16)14-17-5-9(13)15/h1-3H,4-5H2,(H2,13,15)(H,14,16). The van der Waals surface area contributed by atoms with Crippen LogP contribution >= 0.6 is 27.5 Å². The predicted molar refractivity (Wildman–Crippen MR) is 66.1 cm³/mol. The van der Waals surface area contributed by atoms with Crippen molar-refractivity contribution in [1.82, 2.24) is 5.48 Å². The van der Waals surface area contributed by atoms with E-state index < -0.39 is 5.91 Å². The molecule has 0 heterocycles. The number of halogens is 2. The van der Waals surface area contributed by atoms with Gasteiger partial charge in [-0.25, -0.2) is 5.48 Å². The Kier molecular flexibility index (Phi) is 5.40. The molecule has 1 aromatic carbocycles. The zero-order chi connectivity index (χ0) is 12.8. The first kappa shape index (κ1) is 14.0. The Bertz CT molecular complexity index is 440. The number of carbonyl (C=O) groups is 2. The highest BCUT2D eigenvalue weighted by molar-refractivity contribution is 9.10. The molecule has 7 heteroatoms. The largest absolute Gasteiger partial charge is 0.368 e. The highest BCUT2D eigenvalue weighted by Crippen LogP contribution is 2.23. The van der Waals surface area contributed by atoms with E-state index in [2.05, 4.69) is 26.2 Å². The van der Waals surface area contributed by atoms with Gasteiger partial charge in [-0.2, -0.15) is 0 Å². The quantitative estimate of drug-likeness (QED) is 0.799. The third kappa shape index (κ3) is 5.16. The van der Waals surface area contributed by atoms with Crippen LogP contribution in [0.4, 0.5) is 0 Å².